The van der Waals surface area contributed by atoms with Crippen molar-refractivity contribution in [2.45, 2.75) is 26.4 Å². The van der Waals surface area contributed by atoms with E-state index in [1.165, 1.54) is 0 Å². The summed E-state index contributed by atoms with van der Waals surface area (Å²) < 4.78 is 37.3. The van der Waals surface area contributed by atoms with Crippen LogP contribution in [0.3, 0.4) is 0 Å². The van der Waals surface area contributed by atoms with Crippen LogP contribution in [0.15, 0.2) is 12.3 Å². The van der Waals surface area contributed by atoms with E-state index in [0.29, 0.717) is 12.4 Å². The first-order chi connectivity index (χ1) is 9.38. The monoisotopic (exact) mass is 309 g/mol. The molecule has 0 radical (unpaired) electrons. The Morgan fingerprint density at radius 1 is 1.30 bits per heavy atom. The molecule has 0 saturated carbocycles. The third-order valence-corrected chi connectivity index (χ3v) is 3.29. The highest BCUT2D eigenvalue weighted by molar-refractivity contribution is 6.32. The minimum Gasteiger partial charge on any atom is -0.369 e. The van der Waals surface area contributed by atoms with Gasteiger partial charge in [0.1, 0.15) is 5.82 Å². The number of alkyl halides is 3. The molecule has 3 nitrogen and oxygen atoms in total. The number of pyridine rings is 1. The zero-order chi connectivity index (χ0) is 15.2. The van der Waals surface area contributed by atoms with Gasteiger partial charge in [0.2, 0.25) is 0 Å². The van der Waals surface area contributed by atoms with Crippen LogP contribution in [-0.4, -0.2) is 36.1 Å². The van der Waals surface area contributed by atoms with E-state index in [1.807, 2.05) is 0 Å². The van der Waals surface area contributed by atoms with Crippen molar-refractivity contribution in [2.24, 2.45) is 0 Å². The van der Waals surface area contributed by atoms with Gasteiger partial charge in [-0.3, -0.25) is 0 Å². The van der Waals surface area contributed by atoms with Crippen molar-refractivity contribution in [3.63, 3.8) is 0 Å². The maximum atomic E-state index is 12.4. The van der Waals surface area contributed by atoms with Crippen molar-refractivity contribution < 1.29 is 13.2 Å². The summed E-state index contributed by atoms with van der Waals surface area (Å²) >= 11 is 5.80. The lowest BCUT2D eigenvalue weighted by atomic mass is 10.2. The van der Waals surface area contributed by atoms with Crippen LogP contribution >= 0.6 is 11.6 Å². The van der Waals surface area contributed by atoms with Gasteiger partial charge in [0.05, 0.1) is 10.6 Å². The van der Waals surface area contributed by atoms with Crippen molar-refractivity contribution in [1.29, 1.82) is 0 Å². The Bertz CT molecular complexity index is 420. The standard InChI is InChI=1S/C13H19ClF3N3/c1-3-20(4-2)7-5-6-18-12-11(14)8-10(9-19-12)13(15,16)17/h8-9H,3-7H2,1-2H3,(H,18,19). The number of aromatic nitrogens is 1. The van der Waals surface area contributed by atoms with Crippen LogP contribution < -0.4 is 5.32 Å². The number of hydrogen-bond acceptors (Lipinski definition) is 3. The molecule has 114 valence electrons. The Hall–Kier alpha value is -1.01. The molecule has 0 aromatic carbocycles. The molecule has 1 aromatic heterocycles. The number of hydrogen-bond donors (Lipinski definition) is 1. The topological polar surface area (TPSA) is 28.2 Å². The predicted molar refractivity (Wildman–Crippen MR) is 75.1 cm³/mol. The molecule has 0 amide bonds. The molecule has 1 aromatic rings. The number of nitrogens with zero attached hydrogens (tertiary/aromatic N) is 2. The lowest BCUT2D eigenvalue weighted by Gasteiger charge is -2.18. The molecule has 0 atom stereocenters. The van der Waals surface area contributed by atoms with Crippen LogP contribution in [0.1, 0.15) is 25.8 Å². The Morgan fingerprint density at radius 2 is 1.95 bits per heavy atom. The van der Waals surface area contributed by atoms with E-state index in [9.17, 15) is 13.2 Å². The second-order valence-electron chi connectivity index (χ2n) is 4.36. The molecule has 0 spiro atoms. The first-order valence-electron chi connectivity index (χ1n) is 6.57. The fourth-order valence-electron chi connectivity index (χ4n) is 1.77. The number of anilines is 1. The van der Waals surface area contributed by atoms with Crippen molar-refractivity contribution in [2.75, 3.05) is 31.5 Å². The lowest BCUT2D eigenvalue weighted by Crippen LogP contribution is -2.25. The summed E-state index contributed by atoms with van der Waals surface area (Å²) in [6, 6.07) is 0.890. The molecule has 0 aliphatic carbocycles. The highest BCUT2D eigenvalue weighted by Gasteiger charge is 2.31. The molecule has 1 N–H and O–H groups in total. The van der Waals surface area contributed by atoms with Crippen LogP contribution in [-0.2, 0) is 6.18 Å². The number of nitrogens with one attached hydrogen (secondary N) is 1. The largest absolute Gasteiger partial charge is 0.417 e. The smallest absolute Gasteiger partial charge is 0.369 e. The van der Waals surface area contributed by atoms with Crippen molar-refractivity contribution in [3.05, 3.63) is 22.8 Å². The van der Waals surface area contributed by atoms with Gasteiger partial charge in [0.15, 0.2) is 0 Å². The molecule has 1 rings (SSSR count). The fraction of sp³-hybridized carbons (Fsp3) is 0.615. The van der Waals surface area contributed by atoms with Gasteiger partial charge >= 0.3 is 6.18 Å². The molecule has 20 heavy (non-hydrogen) atoms. The van der Waals surface area contributed by atoms with Crippen LogP contribution in [0.2, 0.25) is 5.02 Å². The molecule has 0 unspecified atom stereocenters. The van der Waals surface area contributed by atoms with Crippen molar-refractivity contribution >= 4 is 17.4 Å². The second kappa shape index (κ2) is 7.69. The quantitative estimate of drug-likeness (QED) is 0.774. The average Bonchev–Trinajstić information content (AvgIpc) is 2.39. The van der Waals surface area contributed by atoms with Crippen LogP contribution in [0.5, 0.6) is 0 Å². The Kier molecular flexibility index (Phi) is 6.55. The third-order valence-electron chi connectivity index (χ3n) is 3.01. The van der Waals surface area contributed by atoms with E-state index in [4.69, 9.17) is 11.6 Å². The highest BCUT2D eigenvalue weighted by atomic mass is 35.5. The second-order valence-corrected chi connectivity index (χ2v) is 4.77. The Balaban J connectivity index is 2.49. The van der Waals surface area contributed by atoms with Gasteiger partial charge in [-0.25, -0.2) is 4.98 Å². The first kappa shape index (κ1) is 17.0. The van der Waals surface area contributed by atoms with Gasteiger partial charge < -0.3 is 10.2 Å². The van der Waals surface area contributed by atoms with E-state index < -0.39 is 11.7 Å². The zero-order valence-corrected chi connectivity index (χ0v) is 12.4. The summed E-state index contributed by atoms with van der Waals surface area (Å²) in [7, 11) is 0. The summed E-state index contributed by atoms with van der Waals surface area (Å²) in [5.41, 5.74) is -0.837. The summed E-state index contributed by atoms with van der Waals surface area (Å²) in [6.07, 6.45) is -2.75. The summed E-state index contributed by atoms with van der Waals surface area (Å²) in [5.74, 6) is 0.291. The summed E-state index contributed by atoms with van der Waals surface area (Å²) in [6.45, 7) is 7.69. The average molecular weight is 310 g/mol. The highest BCUT2D eigenvalue weighted by Crippen LogP contribution is 2.32. The van der Waals surface area contributed by atoms with E-state index in [0.717, 1.165) is 38.3 Å². The molecule has 0 aliphatic heterocycles. The number of rotatable bonds is 7. The maximum Gasteiger partial charge on any atom is 0.417 e. The third kappa shape index (κ3) is 5.17. The number of halogens is 4. The SMILES string of the molecule is CCN(CC)CCCNc1ncc(C(F)(F)F)cc1Cl. The van der Waals surface area contributed by atoms with Crippen LogP contribution in [0.4, 0.5) is 19.0 Å². The van der Waals surface area contributed by atoms with E-state index in [1.54, 1.807) is 0 Å². The molecule has 7 heteroatoms. The zero-order valence-electron chi connectivity index (χ0n) is 11.6. The lowest BCUT2D eigenvalue weighted by molar-refractivity contribution is -0.137. The van der Waals surface area contributed by atoms with Gasteiger partial charge in [0.25, 0.3) is 0 Å². The van der Waals surface area contributed by atoms with Gasteiger partial charge in [-0.15, -0.1) is 0 Å². The molecular formula is C13H19ClF3N3. The molecule has 1 heterocycles. The molecule has 0 saturated heterocycles. The molecule has 0 bridgehead atoms. The van der Waals surface area contributed by atoms with Crippen molar-refractivity contribution in [1.82, 2.24) is 9.88 Å². The summed E-state index contributed by atoms with van der Waals surface area (Å²) in [5, 5.41) is 2.95. The summed E-state index contributed by atoms with van der Waals surface area (Å²) in [4.78, 5) is 5.99. The van der Waals surface area contributed by atoms with E-state index in [-0.39, 0.29) is 5.02 Å². The normalized spacial score (nSPS) is 11.9. The molecule has 0 aliphatic rings. The van der Waals surface area contributed by atoms with Gasteiger partial charge in [-0.05, 0) is 32.1 Å². The maximum absolute atomic E-state index is 12.4. The van der Waals surface area contributed by atoms with Crippen LogP contribution in [0.25, 0.3) is 0 Å². The Labute approximate surface area is 122 Å². The predicted octanol–water partition coefficient (Wildman–Crippen LogP) is 3.90. The molecular weight excluding hydrogens is 291 g/mol. The minimum absolute atomic E-state index is 0.0114. The van der Waals surface area contributed by atoms with Gasteiger partial charge in [-0.2, -0.15) is 13.2 Å². The Morgan fingerprint density at radius 3 is 2.45 bits per heavy atom. The molecule has 0 fully saturated rings. The van der Waals surface area contributed by atoms with Gasteiger partial charge in [0, 0.05) is 12.7 Å². The van der Waals surface area contributed by atoms with E-state index >= 15 is 0 Å². The fourth-order valence-corrected chi connectivity index (χ4v) is 2.01. The van der Waals surface area contributed by atoms with E-state index in [2.05, 4.69) is 29.0 Å². The van der Waals surface area contributed by atoms with Crippen molar-refractivity contribution in [3.8, 4) is 0 Å². The minimum atomic E-state index is -4.42. The first-order valence-corrected chi connectivity index (χ1v) is 6.95. The van der Waals surface area contributed by atoms with Gasteiger partial charge in [-0.1, -0.05) is 25.4 Å². The van der Waals surface area contributed by atoms with Crippen LogP contribution in [0, 0.1) is 0 Å².